The number of hydrogen-bond acceptors (Lipinski definition) is 2. The van der Waals surface area contributed by atoms with Crippen molar-refractivity contribution in [2.45, 2.75) is 20.8 Å². The van der Waals surface area contributed by atoms with Crippen molar-refractivity contribution in [1.82, 2.24) is 4.90 Å². The Bertz CT molecular complexity index is 57.1. The predicted octanol–water partition coefficient (Wildman–Crippen LogP) is 1.05. The van der Waals surface area contributed by atoms with Crippen molar-refractivity contribution in [3.63, 3.8) is 0 Å². The van der Waals surface area contributed by atoms with Gasteiger partial charge in [0.15, 0.2) is 0 Å². The van der Waals surface area contributed by atoms with E-state index in [1.165, 1.54) is 19.6 Å². The molecule has 0 radical (unpaired) electrons. The molecule has 3 heteroatoms. The second kappa shape index (κ2) is 11.3. The van der Waals surface area contributed by atoms with Gasteiger partial charge in [-0.3, -0.25) is 4.79 Å². The van der Waals surface area contributed by atoms with Gasteiger partial charge in [0.2, 0.25) is 0 Å². The Hall–Kier alpha value is -0.570. The van der Waals surface area contributed by atoms with Crippen LogP contribution in [0.1, 0.15) is 20.8 Å². The fourth-order valence-electron chi connectivity index (χ4n) is 0.671. The molecule has 0 rings (SSSR count). The zero-order valence-electron chi connectivity index (χ0n) is 7.00. The quantitative estimate of drug-likeness (QED) is 0.606. The smallest absolute Gasteiger partial charge is 0.290 e. The van der Waals surface area contributed by atoms with E-state index in [2.05, 4.69) is 25.7 Å². The summed E-state index contributed by atoms with van der Waals surface area (Å²) >= 11 is 0. The van der Waals surface area contributed by atoms with E-state index in [4.69, 9.17) is 9.90 Å². The van der Waals surface area contributed by atoms with Crippen LogP contribution in [0, 0.1) is 0 Å². The summed E-state index contributed by atoms with van der Waals surface area (Å²) in [5, 5.41) is 6.89. The van der Waals surface area contributed by atoms with Crippen LogP contribution in [0.4, 0.5) is 0 Å². The first kappa shape index (κ1) is 12.1. The van der Waals surface area contributed by atoms with E-state index in [0.717, 1.165) is 0 Å². The molecule has 3 nitrogen and oxygen atoms in total. The van der Waals surface area contributed by atoms with Gasteiger partial charge < -0.3 is 10.0 Å². The molecule has 0 aliphatic rings. The molecule has 0 bridgehead atoms. The predicted molar refractivity (Wildman–Crippen MR) is 42.2 cm³/mol. The van der Waals surface area contributed by atoms with Crippen LogP contribution in [0.25, 0.3) is 0 Å². The maximum atomic E-state index is 8.36. The van der Waals surface area contributed by atoms with Gasteiger partial charge >= 0.3 is 0 Å². The Labute approximate surface area is 62.7 Å². The Morgan fingerprint density at radius 1 is 1.20 bits per heavy atom. The van der Waals surface area contributed by atoms with Crippen LogP contribution in [-0.2, 0) is 4.79 Å². The Morgan fingerprint density at radius 3 is 1.40 bits per heavy atom. The maximum Gasteiger partial charge on any atom is 0.290 e. The second-order valence-corrected chi connectivity index (χ2v) is 1.72. The van der Waals surface area contributed by atoms with Crippen LogP contribution < -0.4 is 0 Å². The molecule has 1 N–H and O–H groups in total. The van der Waals surface area contributed by atoms with Crippen LogP contribution >= 0.6 is 0 Å². The third-order valence-electron chi connectivity index (χ3n) is 1.34. The molecular formula is C7H17NO2. The average molecular weight is 147 g/mol. The normalized spacial score (nSPS) is 8.40. The summed E-state index contributed by atoms with van der Waals surface area (Å²) in [5.74, 6) is 0. The SMILES string of the molecule is CCN(CC)CC.O=CO. The molecule has 0 saturated carbocycles. The summed E-state index contributed by atoms with van der Waals surface area (Å²) < 4.78 is 0. The fraction of sp³-hybridized carbons (Fsp3) is 0.857. The van der Waals surface area contributed by atoms with Gasteiger partial charge in [-0.05, 0) is 19.6 Å². The van der Waals surface area contributed by atoms with Crippen LogP contribution in [-0.4, -0.2) is 36.1 Å². The molecule has 0 aromatic rings. The van der Waals surface area contributed by atoms with Gasteiger partial charge in [0, 0.05) is 0 Å². The number of rotatable bonds is 3. The summed E-state index contributed by atoms with van der Waals surface area (Å²) in [6.45, 7) is 9.88. The third kappa shape index (κ3) is 10.4. The van der Waals surface area contributed by atoms with Gasteiger partial charge in [0.25, 0.3) is 6.47 Å². The molecule has 0 aliphatic heterocycles. The lowest BCUT2D eigenvalue weighted by Gasteiger charge is -2.13. The lowest BCUT2D eigenvalue weighted by Crippen LogP contribution is -2.21. The molecule has 0 fully saturated rings. The summed E-state index contributed by atoms with van der Waals surface area (Å²) in [5.41, 5.74) is 0. The van der Waals surface area contributed by atoms with E-state index in [1.54, 1.807) is 0 Å². The highest BCUT2D eigenvalue weighted by molar-refractivity contribution is 5.32. The van der Waals surface area contributed by atoms with Crippen molar-refractivity contribution in [1.29, 1.82) is 0 Å². The van der Waals surface area contributed by atoms with Crippen molar-refractivity contribution in [3.8, 4) is 0 Å². The minimum Gasteiger partial charge on any atom is -0.483 e. The molecule has 0 amide bonds. The van der Waals surface area contributed by atoms with E-state index < -0.39 is 0 Å². The van der Waals surface area contributed by atoms with Gasteiger partial charge in [-0.2, -0.15) is 0 Å². The Morgan fingerprint density at radius 2 is 1.40 bits per heavy atom. The Balaban J connectivity index is 0. The van der Waals surface area contributed by atoms with Gasteiger partial charge in [-0.15, -0.1) is 0 Å². The highest BCUT2D eigenvalue weighted by Gasteiger charge is 1.89. The third-order valence-corrected chi connectivity index (χ3v) is 1.34. The summed E-state index contributed by atoms with van der Waals surface area (Å²) in [4.78, 5) is 10.7. The molecule has 0 aliphatic carbocycles. The van der Waals surface area contributed by atoms with Gasteiger partial charge in [0.1, 0.15) is 0 Å². The highest BCUT2D eigenvalue weighted by Crippen LogP contribution is 1.81. The topological polar surface area (TPSA) is 40.5 Å². The molecule has 0 aromatic heterocycles. The summed E-state index contributed by atoms with van der Waals surface area (Å²) in [6.07, 6.45) is 0. The average Bonchev–Trinajstić information content (AvgIpc) is 1.93. The highest BCUT2D eigenvalue weighted by atomic mass is 16.3. The van der Waals surface area contributed by atoms with E-state index in [-0.39, 0.29) is 6.47 Å². The lowest BCUT2D eigenvalue weighted by atomic mass is 10.5. The summed E-state index contributed by atoms with van der Waals surface area (Å²) in [6, 6.07) is 0. The van der Waals surface area contributed by atoms with Gasteiger partial charge in [0.05, 0.1) is 0 Å². The molecular weight excluding hydrogens is 130 g/mol. The van der Waals surface area contributed by atoms with E-state index in [1.807, 2.05) is 0 Å². The summed E-state index contributed by atoms with van der Waals surface area (Å²) in [7, 11) is 0. The first-order chi connectivity index (χ1) is 4.76. The van der Waals surface area contributed by atoms with Gasteiger partial charge in [-0.1, -0.05) is 20.8 Å². The molecule has 0 aromatic carbocycles. The van der Waals surface area contributed by atoms with Crippen molar-refractivity contribution < 1.29 is 9.90 Å². The first-order valence-electron chi connectivity index (χ1n) is 3.56. The number of nitrogens with zero attached hydrogens (tertiary/aromatic N) is 1. The minimum atomic E-state index is -0.250. The standard InChI is InChI=1S/C6H15N.CH2O2/c1-4-7(5-2)6-3;2-1-3/h4-6H2,1-3H3;1H,(H,2,3). The molecule has 62 valence electrons. The lowest BCUT2D eigenvalue weighted by molar-refractivity contribution is -0.122. The molecule has 0 spiro atoms. The maximum absolute atomic E-state index is 8.36. The minimum absolute atomic E-state index is 0.250. The molecule has 0 heterocycles. The van der Waals surface area contributed by atoms with Crippen LogP contribution in [0.15, 0.2) is 0 Å². The number of carbonyl (C=O) groups is 1. The van der Waals surface area contributed by atoms with E-state index >= 15 is 0 Å². The number of carboxylic acid groups (broad SMARTS) is 1. The van der Waals surface area contributed by atoms with Gasteiger partial charge in [-0.25, -0.2) is 0 Å². The van der Waals surface area contributed by atoms with Crippen LogP contribution in [0.5, 0.6) is 0 Å². The van der Waals surface area contributed by atoms with Crippen LogP contribution in [0.3, 0.4) is 0 Å². The van der Waals surface area contributed by atoms with E-state index in [0.29, 0.717) is 0 Å². The van der Waals surface area contributed by atoms with Crippen LogP contribution in [0.2, 0.25) is 0 Å². The zero-order chi connectivity index (χ0) is 8.41. The first-order valence-corrected chi connectivity index (χ1v) is 3.56. The van der Waals surface area contributed by atoms with Crippen molar-refractivity contribution in [2.24, 2.45) is 0 Å². The Kier molecular flexibility index (Phi) is 13.7. The van der Waals surface area contributed by atoms with Crippen molar-refractivity contribution in [2.75, 3.05) is 19.6 Å². The second-order valence-electron chi connectivity index (χ2n) is 1.72. The fourth-order valence-corrected chi connectivity index (χ4v) is 0.671. The molecule has 10 heavy (non-hydrogen) atoms. The monoisotopic (exact) mass is 147 g/mol. The molecule has 0 atom stereocenters. The number of hydrogen-bond donors (Lipinski definition) is 1. The molecule has 0 saturated heterocycles. The van der Waals surface area contributed by atoms with Crippen molar-refractivity contribution in [3.05, 3.63) is 0 Å². The zero-order valence-corrected chi connectivity index (χ0v) is 7.00. The van der Waals surface area contributed by atoms with E-state index in [9.17, 15) is 0 Å². The largest absolute Gasteiger partial charge is 0.483 e. The van der Waals surface area contributed by atoms with Crippen molar-refractivity contribution >= 4 is 6.47 Å². The molecule has 0 unspecified atom stereocenters.